The molecule has 0 saturated carbocycles. The van der Waals surface area contributed by atoms with Gasteiger partial charge in [-0.25, -0.2) is 4.98 Å². The predicted octanol–water partition coefficient (Wildman–Crippen LogP) is 2.97. The molecule has 1 aromatic heterocycles. The van der Waals surface area contributed by atoms with Crippen LogP contribution in [0.2, 0.25) is 5.15 Å². The van der Waals surface area contributed by atoms with E-state index in [-0.39, 0.29) is 0 Å². The zero-order chi connectivity index (χ0) is 9.84. The third-order valence-electron chi connectivity index (χ3n) is 2.31. The van der Waals surface area contributed by atoms with Gasteiger partial charge < -0.3 is 4.90 Å². The Kier molecular flexibility index (Phi) is 3.55. The van der Waals surface area contributed by atoms with Crippen LogP contribution in [-0.2, 0) is 0 Å². The van der Waals surface area contributed by atoms with E-state index < -0.39 is 0 Å². The van der Waals surface area contributed by atoms with Crippen molar-refractivity contribution >= 4 is 17.4 Å². The molecule has 0 spiro atoms. The van der Waals surface area contributed by atoms with Crippen LogP contribution in [0.4, 0.5) is 5.82 Å². The SMILES string of the molecule is CCC(C)N(C)c1cccc(Cl)n1. The Morgan fingerprint density at radius 3 is 2.77 bits per heavy atom. The van der Waals surface area contributed by atoms with E-state index in [0.29, 0.717) is 11.2 Å². The van der Waals surface area contributed by atoms with Crippen molar-refractivity contribution in [2.24, 2.45) is 0 Å². The zero-order valence-corrected chi connectivity index (χ0v) is 9.04. The summed E-state index contributed by atoms with van der Waals surface area (Å²) in [6, 6.07) is 6.17. The topological polar surface area (TPSA) is 16.1 Å². The minimum atomic E-state index is 0.492. The monoisotopic (exact) mass is 198 g/mol. The van der Waals surface area contributed by atoms with Gasteiger partial charge in [0.1, 0.15) is 11.0 Å². The summed E-state index contributed by atoms with van der Waals surface area (Å²) in [4.78, 5) is 6.36. The Hall–Kier alpha value is -0.760. The second-order valence-corrected chi connectivity index (χ2v) is 3.57. The Labute approximate surface area is 84.5 Å². The van der Waals surface area contributed by atoms with Gasteiger partial charge in [-0.15, -0.1) is 0 Å². The van der Waals surface area contributed by atoms with Crippen LogP contribution in [-0.4, -0.2) is 18.1 Å². The molecule has 1 rings (SSSR count). The first-order valence-corrected chi connectivity index (χ1v) is 4.88. The molecular weight excluding hydrogens is 184 g/mol. The van der Waals surface area contributed by atoms with Gasteiger partial charge in [-0.3, -0.25) is 0 Å². The van der Waals surface area contributed by atoms with Crippen molar-refractivity contribution in [3.63, 3.8) is 0 Å². The Morgan fingerprint density at radius 1 is 1.54 bits per heavy atom. The molecule has 13 heavy (non-hydrogen) atoms. The molecule has 0 saturated heterocycles. The summed E-state index contributed by atoms with van der Waals surface area (Å²) < 4.78 is 0. The van der Waals surface area contributed by atoms with E-state index in [9.17, 15) is 0 Å². The summed E-state index contributed by atoms with van der Waals surface area (Å²) in [5.41, 5.74) is 0. The van der Waals surface area contributed by atoms with Gasteiger partial charge in [0.05, 0.1) is 0 Å². The van der Waals surface area contributed by atoms with Crippen molar-refractivity contribution in [3.05, 3.63) is 23.4 Å². The van der Waals surface area contributed by atoms with Crippen molar-refractivity contribution in [1.82, 2.24) is 4.98 Å². The molecule has 1 atom stereocenters. The van der Waals surface area contributed by atoms with E-state index in [2.05, 4.69) is 23.7 Å². The normalized spacial score (nSPS) is 12.6. The van der Waals surface area contributed by atoms with Crippen molar-refractivity contribution < 1.29 is 0 Å². The molecular formula is C10H15ClN2. The third-order valence-corrected chi connectivity index (χ3v) is 2.52. The Bertz CT molecular complexity index is 275. The molecule has 0 amide bonds. The number of rotatable bonds is 3. The second kappa shape index (κ2) is 4.47. The van der Waals surface area contributed by atoms with Gasteiger partial charge in [-0.1, -0.05) is 24.6 Å². The fourth-order valence-electron chi connectivity index (χ4n) is 1.09. The lowest BCUT2D eigenvalue weighted by Crippen LogP contribution is -2.28. The maximum atomic E-state index is 5.80. The van der Waals surface area contributed by atoms with Gasteiger partial charge in [-0.2, -0.15) is 0 Å². The van der Waals surface area contributed by atoms with Gasteiger partial charge in [0.2, 0.25) is 0 Å². The number of hydrogen-bond acceptors (Lipinski definition) is 2. The molecule has 1 unspecified atom stereocenters. The molecule has 3 heteroatoms. The second-order valence-electron chi connectivity index (χ2n) is 3.19. The van der Waals surface area contributed by atoms with E-state index in [1.165, 1.54) is 0 Å². The predicted molar refractivity (Wildman–Crippen MR) is 57.4 cm³/mol. The van der Waals surface area contributed by atoms with E-state index >= 15 is 0 Å². The Morgan fingerprint density at radius 2 is 2.23 bits per heavy atom. The minimum Gasteiger partial charge on any atom is -0.357 e. The van der Waals surface area contributed by atoms with E-state index in [0.717, 1.165) is 12.2 Å². The maximum absolute atomic E-state index is 5.80. The maximum Gasteiger partial charge on any atom is 0.131 e. The van der Waals surface area contributed by atoms with E-state index in [4.69, 9.17) is 11.6 Å². The Balaban J connectivity index is 2.82. The molecule has 0 aliphatic rings. The number of hydrogen-bond donors (Lipinski definition) is 0. The highest BCUT2D eigenvalue weighted by molar-refractivity contribution is 6.29. The molecule has 0 bridgehead atoms. The van der Waals surface area contributed by atoms with Crippen molar-refractivity contribution in [2.75, 3.05) is 11.9 Å². The van der Waals surface area contributed by atoms with Gasteiger partial charge in [0, 0.05) is 13.1 Å². The quantitative estimate of drug-likeness (QED) is 0.695. The average molecular weight is 199 g/mol. The highest BCUT2D eigenvalue weighted by Crippen LogP contribution is 2.15. The van der Waals surface area contributed by atoms with E-state index in [1.54, 1.807) is 6.07 Å². The molecule has 0 radical (unpaired) electrons. The van der Waals surface area contributed by atoms with Crippen LogP contribution in [0.1, 0.15) is 20.3 Å². The number of pyridine rings is 1. The summed E-state index contributed by atoms with van der Waals surface area (Å²) in [6.45, 7) is 4.33. The smallest absolute Gasteiger partial charge is 0.131 e. The highest BCUT2D eigenvalue weighted by atomic mass is 35.5. The van der Waals surface area contributed by atoms with Gasteiger partial charge in [0.25, 0.3) is 0 Å². The van der Waals surface area contributed by atoms with Crippen LogP contribution in [0.25, 0.3) is 0 Å². The lowest BCUT2D eigenvalue weighted by atomic mass is 10.2. The van der Waals surface area contributed by atoms with Crippen molar-refractivity contribution in [3.8, 4) is 0 Å². The average Bonchev–Trinajstić information content (AvgIpc) is 2.15. The van der Waals surface area contributed by atoms with Crippen LogP contribution in [0.5, 0.6) is 0 Å². The highest BCUT2D eigenvalue weighted by Gasteiger charge is 2.08. The molecule has 1 heterocycles. The van der Waals surface area contributed by atoms with Gasteiger partial charge >= 0.3 is 0 Å². The molecule has 72 valence electrons. The summed E-state index contributed by atoms with van der Waals surface area (Å²) >= 11 is 5.80. The molecule has 0 aliphatic heterocycles. The largest absolute Gasteiger partial charge is 0.357 e. The molecule has 0 N–H and O–H groups in total. The number of aromatic nitrogens is 1. The van der Waals surface area contributed by atoms with Gasteiger partial charge in [0.15, 0.2) is 0 Å². The first-order chi connectivity index (χ1) is 6.15. The molecule has 0 fully saturated rings. The fraction of sp³-hybridized carbons (Fsp3) is 0.500. The molecule has 0 aliphatic carbocycles. The van der Waals surface area contributed by atoms with Gasteiger partial charge in [-0.05, 0) is 25.5 Å². The summed E-state index contributed by atoms with van der Waals surface area (Å²) in [6.07, 6.45) is 1.10. The van der Waals surface area contributed by atoms with Crippen molar-refractivity contribution in [1.29, 1.82) is 0 Å². The number of halogens is 1. The molecule has 2 nitrogen and oxygen atoms in total. The minimum absolute atomic E-state index is 0.492. The van der Waals surface area contributed by atoms with Crippen LogP contribution in [0, 0.1) is 0 Å². The van der Waals surface area contributed by atoms with E-state index in [1.807, 2.05) is 19.2 Å². The summed E-state index contributed by atoms with van der Waals surface area (Å²) in [5.74, 6) is 0.932. The molecule has 1 aromatic rings. The lowest BCUT2D eigenvalue weighted by molar-refractivity contribution is 0.657. The number of nitrogens with zero attached hydrogens (tertiary/aromatic N) is 2. The number of anilines is 1. The van der Waals surface area contributed by atoms with Crippen molar-refractivity contribution in [2.45, 2.75) is 26.3 Å². The summed E-state index contributed by atoms with van der Waals surface area (Å²) in [5, 5.41) is 0.549. The third kappa shape index (κ3) is 2.59. The zero-order valence-electron chi connectivity index (χ0n) is 8.29. The lowest BCUT2D eigenvalue weighted by Gasteiger charge is -2.24. The first kappa shape index (κ1) is 10.3. The van der Waals surface area contributed by atoms with Crippen LogP contribution >= 0.6 is 11.6 Å². The fourth-order valence-corrected chi connectivity index (χ4v) is 1.25. The summed E-state index contributed by atoms with van der Waals surface area (Å²) in [7, 11) is 2.03. The van der Waals surface area contributed by atoms with Crippen LogP contribution in [0.15, 0.2) is 18.2 Å². The first-order valence-electron chi connectivity index (χ1n) is 4.50. The molecule has 0 aromatic carbocycles. The standard InChI is InChI=1S/C10H15ClN2/c1-4-8(2)13(3)10-7-5-6-9(11)12-10/h5-8H,4H2,1-3H3. The van der Waals surface area contributed by atoms with Crippen LogP contribution in [0.3, 0.4) is 0 Å². The van der Waals surface area contributed by atoms with Crippen LogP contribution < -0.4 is 4.90 Å².